The highest BCUT2D eigenvalue weighted by Gasteiger charge is 2.13. The van der Waals surface area contributed by atoms with Gasteiger partial charge in [-0.15, -0.1) is 0 Å². The van der Waals surface area contributed by atoms with Gasteiger partial charge < -0.3 is 5.73 Å². The van der Waals surface area contributed by atoms with E-state index in [1.54, 1.807) is 0 Å². The molecule has 0 aliphatic carbocycles. The first kappa shape index (κ1) is 14.0. The summed E-state index contributed by atoms with van der Waals surface area (Å²) in [6.45, 7) is 4.40. The molecule has 2 rings (SSSR count). The van der Waals surface area contributed by atoms with Gasteiger partial charge in [0.15, 0.2) is 0 Å². The van der Waals surface area contributed by atoms with Crippen molar-refractivity contribution in [3.8, 4) is 0 Å². The van der Waals surface area contributed by atoms with Gasteiger partial charge in [0.1, 0.15) is 0 Å². The second-order valence-corrected chi connectivity index (χ2v) is 6.01. The molecule has 1 aliphatic heterocycles. The topological polar surface area (TPSA) is 29.3 Å². The Morgan fingerprint density at radius 2 is 1.94 bits per heavy atom. The number of nitrogens with two attached hydrogens (primary N) is 1. The highest BCUT2D eigenvalue weighted by atomic mass is 79.9. The van der Waals surface area contributed by atoms with Gasteiger partial charge in [0.2, 0.25) is 0 Å². The summed E-state index contributed by atoms with van der Waals surface area (Å²) in [5.41, 5.74) is 8.36. The van der Waals surface area contributed by atoms with Gasteiger partial charge in [0, 0.05) is 11.0 Å². The van der Waals surface area contributed by atoms with E-state index in [4.69, 9.17) is 5.73 Å². The second-order valence-electron chi connectivity index (χ2n) is 5.15. The molecular weight excluding hydrogens is 288 g/mol. The number of rotatable bonds is 6. The molecule has 2 nitrogen and oxygen atoms in total. The third-order valence-electron chi connectivity index (χ3n) is 3.63. The van der Waals surface area contributed by atoms with E-state index in [0.717, 1.165) is 25.9 Å². The molecule has 0 saturated carbocycles. The summed E-state index contributed by atoms with van der Waals surface area (Å²) in [5, 5.41) is 0. The predicted octanol–water partition coefficient (Wildman–Crippen LogP) is 3.33. The van der Waals surface area contributed by atoms with E-state index in [9.17, 15) is 0 Å². The summed E-state index contributed by atoms with van der Waals surface area (Å²) in [4.78, 5) is 2.54. The summed E-state index contributed by atoms with van der Waals surface area (Å²) >= 11 is 3.71. The number of unbranched alkanes of at least 4 members (excludes halogenated alkanes) is 1. The first-order valence-electron chi connectivity index (χ1n) is 6.99. The van der Waals surface area contributed by atoms with E-state index in [0.29, 0.717) is 0 Å². The number of likely N-dealkylation sites (tertiary alicyclic amines) is 1. The monoisotopic (exact) mass is 310 g/mol. The van der Waals surface area contributed by atoms with Crippen LogP contribution < -0.4 is 5.73 Å². The van der Waals surface area contributed by atoms with Crippen molar-refractivity contribution < 1.29 is 0 Å². The molecule has 1 fully saturated rings. The van der Waals surface area contributed by atoms with Crippen LogP contribution in [0.5, 0.6) is 0 Å². The maximum absolute atomic E-state index is 5.52. The lowest BCUT2D eigenvalue weighted by molar-refractivity contribution is 0.331. The quantitative estimate of drug-likeness (QED) is 0.817. The van der Waals surface area contributed by atoms with Crippen LogP contribution in [0.4, 0.5) is 0 Å². The van der Waals surface area contributed by atoms with Crippen LogP contribution in [0, 0.1) is 0 Å². The molecule has 2 N–H and O–H groups in total. The molecular formula is C15H23BrN2. The van der Waals surface area contributed by atoms with Gasteiger partial charge in [0.25, 0.3) is 0 Å². The average molecular weight is 311 g/mol. The summed E-state index contributed by atoms with van der Waals surface area (Å²) < 4.78 is 1.26. The molecule has 0 amide bonds. The van der Waals surface area contributed by atoms with Gasteiger partial charge in [-0.25, -0.2) is 0 Å². The Morgan fingerprint density at radius 1 is 1.17 bits per heavy atom. The van der Waals surface area contributed by atoms with E-state index in [1.165, 1.54) is 48.0 Å². The summed E-state index contributed by atoms with van der Waals surface area (Å²) in [5.74, 6) is 0. The van der Waals surface area contributed by atoms with Gasteiger partial charge in [-0.3, -0.25) is 4.90 Å². The van der Waals surface area contributed by atoms with Crippen molar-refractivity contribution in [2.45, 2.75) is 38.6 Å². The van der Waals surface area contributed by atoms with Crippen molar-refractivity contribution >= 4 is 15.9 Å². The van der Waals surface area contributed by atoms with Crippen LogP contribution in [0.25, 0.3) is 0 Å². The normalized spacial score (nSPS) is 16.3. The van der Waals surface area contributed by atoms with Crippen LogP contribution in [0.1, 0.15) is 36.8 Å². The molecule has 1 saturated heterocycles. The molecule has 1 aromatic rings. The van der Waals surface area contributed by atoms with Crippen molar-refractivity contribution in [3.63, 3.8) is 0 Å². The third kappa shape index (κ3) is 4.08. The maximum atomic E-state index is 5.52. The Bertz CT molecular complexity index is 373. The Morgan fingerprint density at radius 3 is 2.61 bits per heavy atom. The summed E-state index contributed by atoms with van der Waals surface area (Å²) in [7, 11) is 0. The average Bonchev–Trinajstić information content (AvgIpc) is 2.86. The van der Waals surface area contributed by atoms with Crippen molar-refractivity contribution in [1.82, 2.24) is 4.90 Å². The molecule has 0 radical (unpaired) electrons. The fraction of sp³-hybridized carbons (Fsp3) is 0.600. The molecule has 0 aromatic heterocycles. The lowest BCUT2D eigenvalue weighted by atomic mass is 10.1. The number of benzene rings is 1. The van der Waals surface area contributed by atoms with Crippen LogP contribution in [-0.4, -0.2) is 24.5 Å². The van der Waals surface area contributed by atoms with Gasteiger partial charge >= 0.3 is 0 Å². The van der Waals surface area contributed by atoms with Gasteiger partial charge in [-0.2, -0.15) is 0 Å². The Hall–Kier alpha value is -0.380. The highest BCUT2D eigenvalue weighted by molar-refractivity contribution is 9.10. The number of aryl methyl sites for hydroxylation is 1. The fourth-order valence-electron chi connectivity index (χ4n) is 2.53. The van der Waals surface area contributed by atoms with E-state index in [-0.39, 0.29) is 0 Å². The number of hydrogen-bond acceptors (Lipinski definition) is 2. The zero-order valence-corrected chi connectivity index (χ0v) is 12.6. The van der Waals surface area contributed by atoms with Crippen molar-refractivity contribution in [2.24, 2.45) is 5.73 Å². The van der Waals surface area contributed by atoms with E-state index >= 15 is 0 Å². The van der Waals surface area contributed by atoms with Crippen LogP contribution in [0.3, 0.4) is 0 Å². The minimum absolute atomic E-state index is 0.800. The van der Waals surface area contributed by atoms with Crippen LogP contribution in [0.2, 0.25) is 0 Å². The number of nitrogens with zero attached hydrogens (tertiary/aromatic N) is 1. The van der Waals surface area contributed by atoms with Crippen LogP contribution in [-0.2, 0) is 13.0 Å². The van der Waals surface area contributed by atoms with Crippen LogP contribution >= 0.6 is 15.9 Å². The third-order valence-corrected chi connectivity index (χ3v) is 4.37. The smallest absolute Gasteiger partial charge is 0.0244 e. The van der Waals surface area contributed by atoms with Crippen LogP contribution in [0.15, 0.2) is 22.7 Å². The predicted molar refractivity (Wildman–Crippen MR) is 80.6 cm³/mol. The maximum Gasteiger partial charge on any atom is 0.0244 e. The Labute approximate surface area is 119 Å². The molecule has 1 heterocycles. The van der Waals surface area contributed by atoms with Crippen molar-refractivity contribution in [3.05, 3.63) is 33.8 Å². The minimum atomic E-state index is 0.800. The number of halogens is 1. The SMILES string of the molecule is NCCCCc1ccc(CN2CCCC2)c(Br)c1. The van der Waals surface area contributed by atoms with Crippen molar-refractivity contribution in [1.29, 1.82) is 0 Å². The van der Waals surface area contributed by atoms with E-state index in [2.05, 4.69) is 39.0 Å². The lowest BCUT2D eigenvalue weighted by Crippen LogP contribution is -2.18. The standard InChI is InChI=1S/C15H23BrN2/c16-15-11-13(5-1-2-8-17)6-7-14(15)12-18-9-3-4-10-18/h6-7,11H,1-5,8-10,12,17H2. The second kappa shape index (κ2) is 7.27. The molecule has 100 valence electrons. The zero-order chi connectivity index (χ0) is 12.8. The Kier molecular flexibility index (Phi) is 5.67. The first-order chi connectivity index (χ1) is 8.79. The highest BCUT2D eigenvalue weighted by Crippen LogP contribution is 2.22. The Balaban J connectivity index is 1.91. The molecule has 0 bridgehead atoms. The van der Waals surface area contributed by atoms with E-state index in [1.807, 2.05) is 0 Å². The summed E-state index contributed by atoms with van der Waals surface area (Å²) in [6, 6.07) is 6.83. The van der Waals surface area contributed by atoms with Gasteiger partial charge in [0.05, 0.1) is 0 Å². The summed E-state index contributed by atoms with van der Waals surface area (Å²) in [6.07, 6.45) is 6.16. The fourth-order valence-corrected chi connectivity index (χ4v) is 3.08. The molecule has 0 atom stereocenters. The molecule has 0 unspecified atom stereocenters. The van der Waals surface area contributed by atoms with Gasteiger partial charge in [-0.05, 0) is 68.9 Å². The minimum Gasteiger partial charge on any atom is -0.330 e. The van der Waals surface area contributed by atoms with E-state index < -0.39 is 0 Å². The molecule has 1 aliphatic rings. The zero-order valence-electron chi connectivity index (χ0n) is 11.0. The largest absolute Gasteiger partial charge is 0.330 e. The lowest BCUT2D eigenvalue weighted by Gasteiger charge is -2.16. The van der Waals surface area contributed by atoms with Gasteiger partial charge in [-0.1, -0.05) is 28.1 Å². The first-order valence-corrected chi connectivity index (χ1v) is 7.78. The molecule has 18 heavy (non-hydrogen) atoms. The van der Waals surface area contributed by atoms with Crippen molar-refractivity contribution in [2.75, 3.05) is 19.6 Å². The molecule has 1 aromatic carbocycles. The molecule has 3 heteroatoms. The molecule has 0 spiro atoms. The number of hydrogen-bond donors (Lipinski definition) is 1.